The zero-order chi connectivity index (χ0) is 17.5. The molecular weight excluding hydrogens is 322 g/mol. The summed E-state index contributed by atoms with van der Waals surface area (Å²) >= 11 is 6.27. The average molecular weight is 351 g/mol. The number of benzene rings is 1. The summed E-state index contributed by atoms with van der Waals surface area (Å²) in [7, 11) is 1.81. The van der Waals surface area contributed by atoms with Crippen LogP contribution >= 0.6 is 11.6 Å². The van der Waals surface area contributed by atoms with Crippen molar-refractivity contribution in [2.24, 2.45) is 0 Å². The Bertz CT molecular complexity index is 585. The molecule has 2 fully saturated rings. The average Bonchev–Trinajstić information content (AvgIpc) is 2.71. The molecule has 2 aliphatic heterocycles. The van der Waals surface area contributed by atoms with Gasteiger partial charge in [0.15, 0.2) is 0 Å². The second kappa shape index (κ2) is 6.62. The summed E-state index contributed by atoms with van der Waals surface area (Å²) in [5.41, 5.74) is 1.61. The molecule has 0 atom stereocenters. The SMILES string of the molecule is CN1CCN(Cc2ccc(Cl)cc2B2OC(C)(C)C(C)(C)O2)CC1. The number of piperazine rings is 1. The number of halogens is 1. The molecular formula is C18H28BClN2O2. The highest BCUT2D eigenvalue weighted by Gasteiger charge is 2.52. The Labute approximate surface area is 151 Å². The fourth-order valence-electron chi connectivity index (χ4n) is 3.15. The molecule has 0 amide bonds. The van der Waals surface area contributed by atoms with Crippen molar-refractivity contribution in [3.05, 3.63) is 28.8 Å². The van der Waals surface area contributed by atoms with Gasteiger partial charge < -0.3 is 14.2 Å². The van der Waals surface area contributed by atoms with Gasteiger partial charge in [-0.25, -0.2) is 0 Å². The molecule has 6 heteroatoms. The number of rotatable bonds is 3. The van der Waals surface area contributed by atoms with Gasteiger partial charge in [-0.05, 0) is 57.9 Å². The van der Waals surface area contributed by atoms with Crippen LogP contribution in [0.4, 0.5) is 0 Å². The van der Waals surface area contributed by atoms with Crippen molar-refractivity contribution in [3.8, 4) is 0 Å². The van der Waals surface area contributed by atoms with Crippen LogP contribution in [0, 0.1) is 0 Å². The third kappa shape index (κ3) is 3.66. The van der Waals surface area contributed by atoms with Crippen LogP contribution in [-0.4, -0.2) is 61.3 Å². The van der Waals surface area contributed by atoms with E-state index in [1.54, 1.807) is 0 Å². The molecule has 2 saturated heterocycles. The van der Waals surface area contributed by atoms with E-state index in [4.69, 9.17) is 20.9 Å². The molecule has 132 valence electrons. The molecule has 24 heavy (non-hydrogen) atoms. The van der Waals surface area contributed by atoms with Gasteiger partial charge in [0, 0.05) is 37.7 Å². The topological polar surface area (TPSA) is 24.9 Å². The lowest BCUT2D eigenvalue weighted by Crippen LogP contribution is -2.45. The highest BCUT2D eigenvalue weighted by molar-refractivity contribution is 6.63. The zero-order valence-electron chi connectivity index (χ0n) is 15.4. The first-order chi connectivity index (χ1) is 11.2. The molecule has 2 aliphatic rings. The predicted octanol–water partition coefficient (Wildman–Crippen LogP) is 2.39. The summed E-state index contributed by atoms with van der Waals surface area (Å²) < 4.78 is 12.5. The van der Waals surface area contributed by atoms with E-state index in [2.05, 4.69) is 50.6 Å². The maximum atomic E-state index is 6.27. The molecule has 0 aliphatic carbocycles. The van der Waals surface area contributed by atoms with Crippen LogP contribution in [0.1, 0.15) is 33.3 Å². The Morgan fingerprint density at radius 3 is 2.21 bits per heavy atom. The second-order valence-corrected chi connectivity index (χ2v) is 8.45. The molecule has 4 nitrogen and oxygen atoms in total. The molecule has 1 aromatic carbocycles. The fraction of sp³-hybridized carbons (Fsp3) is 0.667. The van der Waals surface area contributed by atoms with Gasteiger partial charge in [0.05, 0.1) is 11.2 Å². The molecule has 0 saturated carbocycles. The lowest BCUT2D eigenvalue weighted by molar-refractivity contribution is 0.00578. The number of likely N-dealkylation sites (N-methyl/N-ethyl adjacent to an activating group) is 1. The van der Waals surface area contributed by atoms with E-state index in [0.717, 1.165) is 43.2 Å². The Kier molecular flexibility index (Phi) is 5.02. The van der Waals surface area contributed by atoms with Gasteiger partial charge in [0.25, 0.3) is 0 Å². The second-order valence-electron chi connectivity index (χ2n) is 8.01. The maximum Gasteiger partial charge on any atom is 0.495 e. The van der Waals surface area contributed by atoms with Crippen molar-refractivity contribution in [2.75, 3.05) is 33.2 Å². The summed E-state index contributed by atoms with van der Waals surface area (Å²) in [6, 6.07) is 6.07. The van der Waals surface area contributed by atoms with E-state index < -0.39 is 0 Å². The van der Waals surface area contributed by atoms with E-state index in [1.807, 2.05) is 12.1 Å². The van der Waals surface area contributed by atoms with Gasteiger partial charge in [-0.1, -0.05) is 17.7 Å². The van der Waals surface area contributed by atoms with E-state index >= 15 is 0 Å². The molecule has 1 aromatic rings. The number of nitrogens with zero attached hydrogens (tertiary/aromatic N) is 2. The minimum Gasteiger partial charge on any atom is -0.399 e. The number of hydrogen-bond acceptors (Lipinski definition) is 4. The van der Waals surface area contributed by atoms with E-state index in [0.29, 0.717) is 0 Å². The summed E-state index contributed by atoms with van der Waals surface area (Å²) in [4.78, 5) is 4.85. The maximum absolute atomic E-state index is 6.27. The molecule has 0 unspecified atom stereocenters. The van der Waals surface area contributed by atoms with Gasteiger partial charge in [0.1, 0.15) is 0 Å². The van der Waals surface area contributed by atoms with Crippen molar-refractivity contribution < 1.29 is 9.31 Å². The normalized spacial score (nSPS) is 24.5. The van der Waals surface area contributed by atoms with Gasteiger partial charge in [0.2, 0.25) is 0 Å². The summed E-state index contributed by atoms with van der Waals surface area (Å²) in [6.07, 6.45) is 0. The monoisotopic (exact) mass is 350 g/mol. The minimum absolute atomic E-state index is 0.342. The molecule has 0 aromatic heterocycles. The van der Waals surface area contributed by atoms with Gasteiger partial charge in [-0.15, -0.1) is 0 Å². The standard InChI is InChI=1S/C18H28BClN2O2/c1-17(2)18(3,4)24-19(23-17)16-12-15(20)7-6-14(16)13-22-10-8-21(5)9-11-22/h6-7,12H,8-11,13H2,1-5H3. The molecule has 0 N–H and O–H groups in total. The smallest absolute Gasteiger partial charge is 0.399 e. The Morgan fingerprint density at radius 1 is 1.04 bits per heavy atom. The Balaban J connectivity index is 1.82. The highest BCUT2D eigenvalue weighted by Crippen LogP contribution is 2.37. The van der Waals surface area contributed by atoms with Crippen molar-refractivity contribution in [1.82, 2.24) is 9.80 Å². The van der Waals surface area contributed by atoms with E-state index in [1.165, 1.54) is 5.56 Å². The highest BCUT2D eigenvalue weighted by atomic mass is 35.5. The summed E-state index contributed by atoms with van der Waals surface area (Å²) in [6.45, 7) is 13.6. The van der Waals surface area contributed by atoms with Crippen molar-refractivity contribution in [1.29, 1.82) is 0 Å². The van der Waals surface area contributed by atoms with Crippen molar-refractivity contribution >= 4 is 24.2 Å². The first kappa shape index (κ1) is 18.2. The van der Waals surface area contributed by atoms with Crippen LogP contribution in [0.3, 0.4) is 0 Å². The summed E-state index contributed by atoms with van der Waals surface area (Å²) in [5.74, 6) is 0. The van der Waals surface area contributed by atoms with E-state index in [-0.39, 0.29) is 18.3 Å². The Hall–Kier alpha value is -0.585. The first-order valence-corrected chi connectivity index (χ1v) is 9.11. The van der Waals surface area contributed by atoms with Gasteiger partial charge in [-0.2, -0.15) is 0 Å². The zero-order valence-corrected chi connectivity index (χ0v) is 16.2. The van der Waals surface area contributed by atoms with E-state index in [9.17, 15) is 0 Å². The molecule has 2 heterocycles. The third-order valence-electron chi connectivity index (χ3n) is 5.60. The number of hydrogen-bond donors (Lipinski definition) is 0. The quantitative estimate of drug-likeness (QED) is 0.782. The predicted molar refractivity (Wildman–Crippen MR) is 99.9 cm³/mol. The van der Waals surface area contributed by atoms with Crippen LogP contribution in [-0.2, 0) is 15.9 Å². The molecule has 0 radical (unpaired) electrons. The minimum atomic E-state index is -0.365. The van der Waals surface area contributed by atoms with Crippen LogP contribution < -0.4 is 5.46 Å². The van der Waals surface area contributed by atoms with Gasteiger partial charge >= 0.3 is 7.12 Å². The first-order valence-electron chi connectivity index (χ1n) is 8.73. The van der Waals surface area contributed by atoms with Crippen LogP contribution in [0.5, 0.6) is 0 Å². The molecule has 0 spiro atoms. The lowest BCUT2D eigenvalue weighted by atomic mass is 9.75. The third-order valence-corrected chi connectivity index (χ3v) is 5.84. The van der Waals surface area contributed by atoms with Crippen LogP contribution in [0.15, 0.2) is 18.2 Å². The van der Waals surface area contributed by atoms with Gasteiger partial charge in [-0.3, -0.25) is 4.90 Å². The van der Waals surface area contributed by atoms with Crippen LogP contribution in [0.2, 0.25) is 5.02 Å². The van der Waals surface area contributed by atoms with Crippen molar-refractivity contribution in [3.63, 3.8) is 0 Å². The van der Waals surface area contributed by atoms with Crippen LogP contribution in [0.25, 0.3) is 0 Å². The fourth-order valence-corrected chi connectivity index (χ4v) is 3.33. The molecule has 3 rings (SSSR count). The lowest BCUT2D eigenvalue weighted by Gasteiger charge is -2.33. The Morgan fingerprint density at radius 2 is 1.62 bits per heavy atom. The largest absolute Gasteiger partial charge is 0.495 e. The molecule has 0 bridgehead atoms. The summed E-state index contributed by atoms with van der Waals surface area (Å²) in [5, 5.41) is 0.724. The van der Waals surface area contributed by atoms with Crippen molar-refractivity contribution in [2.45, 2.75) is 45.4 Å².